The quantitative estimate of drug-likeness (QED) is 0.780. The highest BCUT2D eigenvalue weighted by atomic mass is 19.1. The van der Waals surface area contributed by atoms with E-state index < -0.39 is 17.2 Å². The second-order valence-corrected chi connectivity index (χ2v) is 7.71. The zero-order valence-electron chi connectivity index (χ0n) is 16.4. The smallest absolute Gasteiger partial charge is 0.341 e. The number of methoxy groups -OCH3 is 2. The molecule has 3 N–H and O–H groups in total. The molecule has 0 amide bonds. The molecule has 1 aliphatic carbocycles. The van der Waals surface area contributed by atoms with Crippen molar-refractivity contribution in [3.63, 3.8) is 0 Å². The molecule has 29 heavy (non-hydrogen) atoms. The summed E-state index contributed by atoms with van der Waals surface area (Å²) < 4.78 is 28.1. The molecule has 2 atom stereocenters. The van der Waals surface area contributed by atoms with Crippen molar-refractivity contribution in [3.8, 4) is 5.75 Å². The lowest BCUT2D eigenvalue weighted by molar-refractivity contribution is 0.0694. The highest BCUT2D eigenvalue weighted by Gasteiger charge is 2.33. The molecule has 1 aliphatic heterocycles. The van der Waals surface area contributed by atoms with Crippen LogP contribution in [0.3, 0.4) is 0 Å². The average molecular weight is 405 g/mol. The Hall–Kier alpha value is -2.65. The molecule has 4 rings (SSSR count). The summed E-state index contributed by atoms with van der Waals surface area (Å²) >= 11 is 0. The van der Waals surface area contributed by atoms with Gasteiger partial charge in [-0.25, -0.2) is 9.18 Å². The number of carboxylic acid groups (broad SMARTS) is 1. The van der Waals surface area contributed by atoms with Crippen molar-refractivity contribution >= 4 is 22.6 Å². The Bertz CT molecular complexity index is 1030. The van der Waals surface area contributed by atoms with Gasteiger partial charge in [0.05, 0.1) is 24.1 Å². The van der Waals surface area contributed by atoms with Gasteiger partial charge in [-0.3, -0.25) is 4.79 Å². The zero-order valence-corrected chi connectivity index (χ0v) is 16.4. The van der Waals surface area contributed by atoms with Crippen molar-refractivity contribution in [2.75, 3.05) is 32.2 Å². The van der Waals surface area contributed by atoms with Crippen LogP contribution >= 0.6 is 0 Å². The minimum atomic E-state index is -1.33. The van der Waals surface area contributed by atoms with Crippen LogP contribution in [0, 0.1) is 5.82 Å². The number of fused-ring (bicyclic) bond motifs is 1. The number of anilines is 1. The molecule has 0 radical (unpaired) electrons. The number of hydrogen-bond donors (Lipinski definition) is 2. The molecule has 156 valence electrons. The lowest BCUT2D eigenvalue weighted by atomic mass is 10.0. The fourth-order valence-electron chi connectivity index (χ4n) is 4.17. The Balaban J connectivity index is 1.99. The minimum Gasteiger partial charge on any atom is -0.492 e. The number of ether oxygens (including phenoxy) is 2. The predicted octanol–water partition coefficient (Wildman–Crippen LogP) is 1.73. The molecule has 0 bridgehead atoms. The van der Waals surface area contributed by atoms with Crippen LogP contribution in [0.5, 0.6) is 5.75 Å². The van der Waals surface area contributed by atoms with E-state index in [4.69, 9.17) is 15.2 Å². The van der Waals surface area contributed by atoms with Gasteiger partial charge in [0.1, 0.15) is 11.3 Å². The van der Waals surface area contributed by atoms with Gasteiger partial charge < -0.3 is 29.8 Å². The molecular weight excluding hydrogens is 381 g/mol. The van der Waals surface area contributed by atoms with E-state index >= 15 is 4.39 Å². The van der Waals surface area contributed by atoms with Gasteiger partial charge in [0, 0.05) is 38.5 Å². The average Bonchev–Trinajstić information content (AvgIpc) is 3.52. The number of pyridine rings is 1. The number of carbonyl (C=O) groups is 1. The summed E-state index contributed by atoms with van der Waals surface area (Å²) in [6, 6.07) is 0.968. The lowest BCUT2D eigenvalue weighted by Crippen LogP contribution is -2.50. The van der Waals surface area contributed by atoms with E-state index in [0.717, 1.165) is 18.9 Å². The van der Waals surface area contributed by atoms with Gasteiger partial charge in [-0.2, -0.15) is 0 Å². The first kappa shape index (κ1) is 19.7. The molecule has 2 aliphatic rings. The highest BCUT2D eigenvalue weighted by molar-refractivity contribution is 5.97. The second kappa shape index (κ2) is 7.31. The fourth-order valence-corrected chi connectivity index (χ4v) is 4.17. The van der Waals surface area contributed by atoms with Crippen LogP contribution in [0.2, 0.25) is 0 Å². The van der Waals surface area contributed by atoms with Crippen LogP contribution in [0.1, 0.15) is 35.7 Å². The van der Waals surface area contributed by atoms with Crippen molar-refractivity contribution < 1.29 is 23.8 Å². The summed E-state index contributed by atoms with van der Waals surface area (Å²) in [7, 11) is 3.01. The van der Waals surface area contributed by atoms with E-state index in [1.165, 1.54) is 13.3 Å². The Labute approximate surface area is 166 Å². The third-order valence-electron chi connectivity index (χ3n) is 5.67. The van der Waals surface area contributed by atoms with Gasteiger partial charge in [0.2, 0.25) is 5.43 Å². The van der Waals surface area contributed by atoms with E-state index in [-0.39, 0.29) is 40.6 Å². The van der Waals surface area contributed by atoms with Gasteiger partial charge in [-0.15, -0.1) is 0 Å². The van der Waals surface area contributed by atoms with Crippen LogP contribution in [0.15, 0.2) is 17.1 Å². The first-order chi connectivity index (χ1) is 13.8. The molecule has 9 heteroatoms. The number of benzene rings is 1. The lowest BCUT2D eigenvalue weighted by Gasteiger charge is -2.38. The number of piperidine rings is 1. The van der Waals surface area contributed by atoms with Gasteiger partial charge in [-0.05, 0) is 25.3 Å². The van der Waals surface area contributed by atoms with Crippen molar-refractivity contribution in [2.45, 2.75) is 37.5 Å². The Morgan fingerprint density at radius 1 is 1.31 bits per heavy atom. The van der Waals surface area contributed by atoms with Crippen LogP contribution < -0.4 is 20.8 Å². The van der Waals surface area contributed by atoms with Gasteiger partial charge in [-0.1, -0.05) is 0 Å². The predicted molar refractivity (Wildman–Crippen MR) is 106 cm³/mol. The Morgan fingerprint density at radius 3 is 2.62 bits per heavy atom. The largest absolute Gasteiger partial charge is 0.492 e. The van der Waals surface area contributed by atoms with E-state index in [1.807, 2.05) is 0 Å². The highest BCUT2D eigenvalue weighted by Crippen LogP contribution is 2.44. The normalized spacial score (nSPS) is 22.1. The summed E-state index contributed by atoms with van der Waals surface area (Å²) in [4.78, 5) is 26.1. The summed E-state index contributed by atoms with van der Waals surface area (Å²) in [5.41, 5.74) is 5.67. The Kier molecular flexibility index (Phi) is 4.95. The molecule has 1 saturated carbocycles. The number of aromatic nitrogens is 1. The summed E-state index contributed by atoms with van der Waals surface area (Å²) in [5, 5.41) is 9.42. The van der Waals surface area contributed by atoms with Crippen molar-refractivity contribution in [1.82, 2.24) is 4.57 Å². The number of nitrogens with zero attached hydrogens (tertiary/aromatic N) is 2. The van der Waals surface area contributed by atoms with Gasteiger partial charge in [0.15, 0.2) is 11.6 Å². The maximum Gasteiger partial charge on any atom is 0.341 e. The maximum atomic E-state index is 15.3. The van der Waals surface area contributed by atoms with Gasteiger partial charge >= 0.3 is 5.97 Å². The first-order valence-electron chi connectivity index (χ1n) is 9.57. The maximum absolute atomic E-state index is 15.3. The third-order valence-corrected chi connectivity index (χ3v) is 5.67. The molecule has 8 nitrogen and oxygen atoms in total. The number of halogens is 1. The monoisotopic (exact) mass is 405 g/mol. The number of hydrogen-bond acceptors (Lipinski definition) is 6. The SMILES string of the molecule is COc1c(N2C[C@@H](N)C[C@H](OC)C2)c(F)cc2c(=O)c(C(=O)O)cn(C3CC3)c12. The standard InChI is InChI=1S/C20H24FN3O5/c1-28-12-5-10(22)7-23(8-12)17-15(21)6-13-16(19(17)29-2)24(11-3-4-11)9-14(18(13)25)20(26)27/h6,9-12H,3-5,7-8,22H2,1-2H3,(H,26,27)/t10-,12-/m0/s1. The molecule has 1 aromatic carbocycles. The third kappa shape index (κ3) is 3.34. The van der Waals surface area contributed by atoms with E-state index in [1.54, 1.807) is 16.6 Å². The first-order valence-corrected chi connectivity index (χ1v) is 9.57. The second-order valence-electron chi connectivity index (χ2n) is 7.71. The van der Waals surface area contributed by atoms with E-state index in [0.29, 0.717) is 25.0 Å². The fraction of sp³-hybridized carbons (Fsp3) is 0.500. The molecular formula is C20H24FN3O5. The van der Waals surface area contributed by atoms with Crippen LogP contribution in [0.25, 0.3) is 10.9 Å². The number of aromatic carboxylic acids is 1. The van der Waals surface area contributed by atoms with E-state index in [2.05, 4.69) is 0 Å². The van der Waals surface area contributed by atoms with Crippen LogP contribution in [-0.4, -0.2) is 55.1 Å². The topological polar surface area (TPSA) is 107 Å². The van der Waals surface area contributed by atoms with Gasteiger partial charge in [0.25, 0.3) is 0 Å². The molecule has 2 heterocycles. The number of rotatable bonds is 5. The minimum absolute atomic E-state index is 0.000463. The van der Waals surface area contributed by atoms with Crippen LogP contribution in [-0.2, 0) is 4.74 Å². The summed E-state index contributed by atoms with van der Waals surface area (Å²) in [6.45, 7) is 0.851. The van der Waals surface area contributed by atoms with Crippen molar-refractivity contribution in [3.05, 3.63) is 33.9 Å². The zero-order chi connectivity index (χ0) is 20.9. The number of nitrogens with two attached hydrogens (primary N) is 1. The molecule has 1 saturated heterocycles. The van der Waals surface area contributed by atoms with Crippen molar-refractivity contribution in [2.24, 2.45) is 5.73 Å². The summed E-state index contributed by atoms with van der Waals surface area (Å²) in [6.07, 6.45) is 3.56. The molecule has 0 unspecified atom stereocenters. The summed E-state index contributed by atoms with van der Waals surface area (Å²) in [5.74, 6) is -1.77. The molecule has 1 aromatic heterocycles. The molecule has 2 aromatic rings. The Morgan fingerprint density at radius 2 is 2.03 bits per heavy atom. The molecule has 2 fully saturated rings. The van der Waals surface area contributed by atoms with Crippen molar-refractivity contribution in [1.29, 1.82) is 0 Å². The molecule has 0 spiro atoms. The van der Waals surface area contributed by atoms with Crippen LogP contribution in [0.4, 0.5) is 10.1 Å². The van der Waals surface area contributed by atoms with E-state index in [9.17, 15) is 14.7 Å². The number of carboxylic acids is 1.